The highest BCUT2D eigenvalue weighted by Gasteiger charge is 2.34. The molecule has 114 valence electrons. The minimum atomic E-state index is -0.351. The van der Waals surface area contributed by atoms with Crippen molar-refractivity contribution in [2.24, 2.45) is 0 Å². The van der Waals surface area contributed by atoms with E-state index in [0.29, 0.717) is 12.0 Å². The second kappa shape index (κ2) is 5.91. The quantitative estimate of drug-likeness (QED) is 0.643. The van der Waals surface area contributed by atoms with E-state index in [9.17, 15) is 9.59 Å². The number of aromatic nitrogens is 1. The molecule has 0 radical (unpaired) electrons. The van der Waals surface area contributed by atoms with Crippen molar-refractivity contribution < 1.29 is 9.59 Å². The maximum atomic E-state index is 12.6. The third-order valence-corrected chi connectivity index (χ3v) is 4.46. The summed E-state index contributed by atoms with van der Waals surface area (Å²) < 4.78 is 0. The second-order valence-corrected chi connectivity index (χ2v) is 5.85. The standard InChI is InChI=1S/C19H21NO2/c1-3-5-6-9-13-12(4-2)17-16(19(22)18(13)21)14-10-7-8-11-15(14)20-17/h7-8,10-11,20H,3-6,9H2,1-2H3. The lowest BCUT2D eigenvalue weighted by Crippen LogP contribution is -2.23. The van der Waals surface area contributed by atoms with E-state index in [1.54, 1.807) is 0 Å². The number of Topliss-reactive ketones (excluding diaryl/α,β-unsaturated/α-hetero) is 2. The van der Waals surface area contributed by atoms with E-state index in [4.69, 9.17) is 0 Å². The molecule has 1 aromatic carbocycles. The number of aromatic amines is 1. The summed E-state index contributed by atoms with van der Waals surface area (Å²) in [5, 5.41) is 0.856. The Kier molecular flexibility index (Phi) is 3.97. The first-order valence-electron chi connectivity index (χ1n) is 8.11. The number of nitrogens with one attached hydrogen (secondary N) is 1. The first kappa shape index (κ1) is 14.8. The number of carbonyl (C=O) groups is 2. The smallest absolute Gasteiger partial charge is 0.235 e. The molecule has 3 nitrogen and oxygen atoms in total. The molecule has 0 atom stereocenters. The summed E-state index contributed by atoms with van der Waals surface area (Å²) in [5.74, 6) is -0.652. The molecule has 2 aromatic rings. The number of allylic oxidation sites excluding steroid dienone is 2. The number of unbranched alkanes of at least 4 members (excludes halogenated alkanes) is 2. The molecule has 1 aliphatic carbocycles. The van der Waals surface area contributed by atoms with Gasteiger partial charge in [0.15, 0.2) is 0 Å². The predicted molar refractivity (Wildman–Crippen MR) is 89.0 cm³/mol. The summed E-state index contributed by atoms with van der Waals surface area (Å²) in [6.07, 6.45) is 4.62. The number of fused-ring (bicyclic) bond motifs is 3. The first-order chi connectivity index (χ1) is 10.7. The Morgan fingerprint density at radius 1 is 0.955 bits per heavy atom. The lowest BCUT2D eigenvalue weighted by molar-refractivity contribution is -0.112. The summed E-state index contributed by atoms with van der Waals surface area (Å²) in [6.45, 7) is 4.19. The highest BCUT2D eigenvalue weighted by molar-refractivity contribution is 6.54. The first-order valence-corrected chi connectivity index (χ1v) is 8.11. The third kappa shape index (κ3) is 2.21. The normalized spacial score (nSPS) is 14.8. The summed E-state index contributed by atoms with van der Waals surface area (Å²) in [5.41, 5.74) is 4.10. The number of carbonyl (C=O) groups excluding carboxylic acids is 2. The van der Waals surface area contributed by atoms with E-state index in [1.807, 2.05) is 31.2 Å². The fourth-order valence-electron chi connectivity index (χ4n) is 3.35. The Morgan fingerprint density at radius 2 is 1.73 bits per heavy atom. The molecule has 0 aliphatic heterocycles. The molecule has 1 N–H and O–H groups in total. The van der Waals surface area contributed by atoms with Crippen LogP contribution in [-0.2, 0) is 4.79 Å². The Labute approximate surface area is 130 Å². The van der Waals surface area contributed by atoms with Crippen LogP contribution < -0.4 is 0 Å². The molecule has 0 amide bonds. The van der Waals surface area contributed by atoms with Crippen molar-refractivity contribution in [3.8, 4) is 0 Å². The van der Waals surface area contributed by atoms with Crippen molar-refractivity contribution in [2.75, 3.05) is 0 Å². The minimum absolute atomic E-state index is 0.301. The van der Waals surface area contributed by atoms with Crippen LogP contribution in [0.2, 0.25) is 0 Å². The molecule has 1 aliphatic rings. The van der Waals surface area contributed by atoms with Crippen LogP contribution in [0, 0.1) is 0 Å². The molecule has 3 rings (SSSR count). The molecule has 0 fully saturated rings. The minimum Gasteiger partial charge on any atom is -0.354 e. The molecule has 0 saturated heterocycles. The van der Waals surface area contributed by atoms with Gasteiger partial charge in [-0.05, 0) is 30.9 Å². The summed E-state index contributed by atoms with van der Waals surface area (Å²) in [4.78, 5) is 28.5. The molecular formula is C19H21NO2. The topological polar surface area (TPSA) is 49.9 Å². The zero-order valence-electron chi connectivity index (χ0n) is 13.2. The number of para-hydroxylation sites is 1. The van der Waals surface area contributed by atoms with Crippen LogP contribution in [0.4, 0.5) is 0 Å². The summed E-state index contributed by atoms with van der Waals surface area (Å²) in [6, 6.07) is 7.70. The van der Waals surface area contributed by atoms with Crippen molar-refractivity contribution in [3.05, 3.63) is 41.1 Å². The summed E-state index contributed by atoms with van der Waals surface area (Å²) in [7, 11) is 0. The van der Waals surface area contributed by atoms with Gasteiger partial charge in [0.2, 0.25) is 11.6 Å². The average molecular weight is 295 g/mol. The van der Waals surface area contributed by atoms with E-state index < -0.39 is 0 Å². The van der Waals surface area contributed by atoms with E-state index >= 15 is 0 Å². The van der Waals surface area contributed by atoms with Gasteiger partial charge in [0.25, 0.3) is 0 Å². The zero-order valence-corrected chi connectivity index (χ0v) is 13.2. The lowest BCUT2D eigenvalue weighted by atomic mass is 9.83. The van der Waals surface area contributed by atoms with Gasteiger partial charge in [0.1, 0.15) is 0 Å². The molecular weight excluding hydrogens is 274 g/mol. The van der Waals surface area contributed by atoms with E-state index in [-0.39, 0.29) is 11.6 Å². The van der Waals surface area contributed by atoms with Gasteiger partial charge in [0, 0.05) is 16.5 Å². The number of benzene rings is 1. The number of rotatable bonds is 5. The molecule has 22 heavy (non-hydrogen) atoms. The van der Waals surface area contributed by atoms with Gasteiger partial charge >= 0.3 is 0 Å². The van der Waals surface area contributed by atoms with Gasteiger partial charge in [0.05, 0.1) is 11.3 Å². The fourth-order valence-corrected chi connectivity index (χ4v) is 3.35. The number of hydrogen-bond donors (Lipinski definition) is 1. The molecule has 0 unspecified atom stereocenters. The third-order valence-electron chi connectivity index (χ3n) is 4.46. The van der Waals surface area contributed by atoms with Crippen LogP contribution >= 0.6 is 0 Å². The average Bonchev–Trinajstić information content (AvgIpc) is 2.91. The van der Waals surface area contributed by atoms with Crippen molar-refractivity contribution in [3.63, 3.8) is 0 Å². The zero-order chi connectivity index (χ0) is 15.7. The fraction of sp³-hybridized carbons (Fsp3) is 0.368. The van der Waals surface area contributed by atoms with Crippen LogP contribution in [0.3, 0.4) is 0 Å². The van der Waals surface area contributed by atoms with E-state index in [0.717, 1.165) is 53.4 Å². The maximum Gasteiger partial charge on any atom is 0.235 e. The van der Waals surface area contributed by atoms with Crippen LogP contribution in [-0.4, -0.2) is 16.6 Å². The molecule has 3 heteroatoms. The Balaban J connectivity index is 2.17. The predicted octanol–water partition coefficient (Wildman–Crippen LogP) is 4.68. The van der Waals surface area contributed by atoms with Gasteiger partial charge in [-0.1, -0.05) is 44.9 Å². The van der Waals surface area contributed by atoms with Gasteiger partial charge < -0.3 is 4.98 Å². The van der Waals surface area contributed by atoms with Crippen molar-refractivity contribution in [2.45, 2.75) is 46.0 Å². The largest absolute Gasteiger partial charge is 0.354 e. The maximum absolute atomic E-state index is 12.6. The molecule has 0 saturated carbocycles. The van der Waals surface area contributed by atoms with E-state index in [1.165, 1.54) is 0 Å². The van der Waals surface area contributed by atoms with Crippen LogP contribution in [0.5, 0.6) is 0 Å². The Bertz CT molecular complexity index is 780. The van der Waals surface area contributed by atoms with Gasteiger partial charge in [-0.2, -0.15) is 0 Å². The highest BCUT2D eigenvalue weighted by Crippen LogP contribution is 2.37. The highest BCUT2D eigenvalue weighted by atomic mass is 16.2. The number of H-pyrrole nitrogens is 1. The molecule has 0 spiro atoms. The lowest BCUT2D eigenvalue weighted by Gasteiger charge is -2.18. The Morgan fingerprint density at radius 3 is 2.45 bits per heavy atom. The van der Waals surface area contributed by atoms with Crippen molar-refractivity contribution in [1.29, 1.82) is 0 Å². The van der Waals surface area contributed by atoms with Gasteiger partial charge in [-0.25, -0.2) is 0 Å². The Hall–Kier alpha value is -2.16. The summed E-state index contributed by atoms with van der Waals surface area (Å²) >= 11 is 0. The van der Waals surface area contributed by atoms with Gasteiger partial charge in [-0.15, -0.1) is 0 Å². The van der Waals surface area contributed by atoms with Crippen molar-refractivity contribution in [1.82, 2.24) is 4.98 Å². The molecule has 1 heterocycles. The second-order valence-electron chi connectivity index (χ2n) is 5.85. The molecule has 1 aromatic heterocycles. The van der Waals surface area contributed by atoms with Crippen LogP contribution in [0.25, 0.3) is 16.5 Å². The number of ketones is 2. The van der Waals surface area contributed by atoms with Crippen LogP contribution in [0.1, 0.15) is 62.0 Å². The SMILES string of the molecule is CCCCCC1=C(CC)c2[nH]c3ccccc3c2C(=O)C1=O. The monoisotopic (exact) mass is 295 g/mol. The van der Waals surface area contributed by atoms with Crippen molar-refractivity contribution >= 4 is 28.0 Å². The van der Waals surface area contributed by atoms with Gasteiger partial charge in [-0.3, -0.25) is 9.59 Å². The van der Waals surface area contributed by atoms with E-state index in [2.05, 4.69) is 11.9 Å². The molecule has 0 bridgehead atoms. The number of hydrogen-bond acceptors (Lipinski definition) is 2. The van der Waals surface area contributed by atoms with Crippen LogP contribution in [0.15, 0.2) is 29.8 Å².